The molecule has 1 rings (SSSR count). The maximum absolute atomic E-state index is 12.0. The summed E-state index contributed by atoms with van der Waals surface area (Å²) >= 11 is 0. The summed E-state index contributed by atoms with van der Waals surface area (Å²) in [5.41, 5.74) is 5.49. The molecule has 104 valence electrons. The molecule has 0 aliphatic carbocycles. The predicted octanol–water partition coefficient (Wildman–Crippen LogP) is -0.524. The molecule has 1 saturated heterocycles. The van der Waals surface area contributed by atoms with Crippen molar-refractivity contribution in [2.75, 3.05) is 20.1 Å². The molecule has 1 fully saturated rings. The summed E-state index contributed by atoms with van der Waals surface area (Å²) in [4.78, 5) is 25.0. The van der Waals surface area contributed by atoms with Crippen LogP contribution >= 0.6 is 0 Å². The average molecular weight is 257 g/mol. The van der Waals surface area contributed by atoms with Gasteiger partial charge in [-0.2, -0.15) is 0 Å². The molecule has 18 heavy (non-hydrogen) atoms. The number of hydrogen-bond donors (Lipinski definition) is 2. The van der Waals surface area contributed by atoms with Crippen molar-refractivity contribution < 1.29 is 14.3 Å². The fourth-order valence-electron chi connectivity index (χ4n) is 1.97. The van der Waals surface area contributed by atoms with Crippen LogP contribution in [0, 0.1) is 0 Å². The summed E-state index contributed by atoms with van der Waals surface area (Å²) in [6.45, 7) is 4.25. The molecule has 2 amide bonds. The zero-order valence-electron chi connectivity index (χ0n) is 11.3. The van der Waals surface area contributed by atoms with Crippen LogP contribution in [0.1, 0.15) is 26.7 Å². The number of nitrogens with two attached hydrogens (primary N) is 1. The normalized spacial score (nSPS) is 23.2. The van der Waals surface area contributed by atoms with E-state index in [1.54, 1.807) is 7.05 Å². The molecule has 6 heteroatoms. The van der Waals surface area contributed by atoms with Gasteiger partial charge in [-0.25, -0.2) is 0 Å². The molecular formula is C12H23N3O3. The van der Waals surface area contributed by atoms with E-state index in [0.717, 1.165) is 6.42 Å². The first kappa shape index (κ1) is 14.9. The van der Waals surface area contributed by atoms with Crippen LogP contribution in [0.2, 0.25) is 0 Å². The number of amides is 2. The van der Waals surface area contributed by atoms with Gasteiger partial charge in [-0.3, -0.25) is 9.59 Å². The number of ether oxygens (including phenoxy) is 1. The molecule has 0 saturated carbocycles. The third kappa shape index (κ3) is 4.27. The van der Waals surface area contributed by atoms with Gasteiger partial charge in [0.25, 0.3) is 5.91 Å². The highest BCUT2D eigenvalue weighted by Gasteiger charge is 2.32. The fourth-order valence-corrected chi connectivity index (χ4v) is 1.97. The minimum Gasteiger partial charge on any atom is -0.364 e. The molecule has 6 nitrogen and oxygen atoms in total. The van der Waals surface area contributed by atoms with Gasteiger partial charge in [-0.15, -0.1) is 0 Å². The van der Waals surface area contributed by atoms with Crippen molar-refractivity contribution in [3.8, 4) is 0 Å². The van der Waals surface area contributed by atoms with Crippen LogP contribution in [-0.4, -0.2) is 55.1 Å². The second-order valence-electron chi connectivity index (χ2n) is 4.98. The lowest BCUT2D eigenvalue weighted by Crippen LogP contribution is -2.44. The van der Waals surface area contributed by atoms with Gasteiger partial charge in [0.15, 0.2) is 0 Å². The van der Waals surface area contributed by atoms with Crippen molar-refractivity contribution in [3.63, 3.8) is 0 Å². The minimum absolute atomic E-state index is 0.0307. The van der Waals surface area contributed by atoms with E-state index in [4.69, 9.17) is 10.5 Å². The molecule has 0 bridgehead atoms. The molecule has 0 aromatic carbocycles. The number of nitrogens with one attached hydrogen (secondary N) is 1. The number of hydrogen-bond acceptors (Lipinski definition) is 4. The Bertz CT molecular complexity index is 307. The monoisotopic (exact) mass is 257 g/mol. The highest BCUT2D eigenvalue weighted by Crippen LogP contribution is 2.20. The molecule has 0 aromatic rings. The van der Waals surface area contributed by atoms with Gasteiger partial charge in [-0.05, 0) is 26.7 Å². The number of likely N-dealkylation sites (N-methyl/N-ethyl adjacent to an activating group) is 1. The van der Waals surface area contributed by atoms with Crippen LogP contribution in [-0.2, 0) is 14.3 Å². The number of carbonyl (C=O) groups excluding carboxylic acids is 2. The number of nitrogens with zero attached hydrogens (tertiary/aromatic N) is 1. The van der Waals surface area contributed by atoms with Crippen molar-refractivity contribution >= 4 is 11.8 Å². The molecule has 3 N–H and O–H groups in total. The summed E-state index contributed by atoms with van der Waals surface area (Å²) in [7, 11) is 1.61. The maximum atomic E-state index is 12.0. The van der Waals surface area contributed by atoms with E-state index in [0.29, 0.717) is 13.0 Å². The Kier molecular flexibility index (Phi) is 5.55. The average Bonchev–Trinajstić information content (AvgIpc) is 2.75. The highest BCUT2D eigenvalue weighted by molar-refractivity contribution is 5.87. The number of carbonyl (C=O) groups is 2. The first-order valence-corrected chi connectivity index (χ1v) is 6.34. The Morgan fingerprint density at radius 1 is 1.44 bits per heavy atom. The lowest BCUT2D eigenvalue weighted by atomic mass is 10.2. The van der Waals surface area contributed by atoms with Crippen molar-refractivity contribution in [1.82, 2.24) is 10.2 Å². The number of rotatable bonds is 5. The predicted molar refractivity (Wildman–Crippen MR) is 67.9 cm³/mol. The molecular weight excluding hydrogens is 234 g/mol. The largest absolute Gasteiger partial charge is 0.364 e. The van der Waals surface area contributed by atoms with Gasteiger partial charge in [0.2, 0.25) is 5.91 Å². The zero-order chi connectivity index (χ0) is 13.7. The van der Waals surface area contributed by atoms with E-state index >= 15 is 0 Å². The summed E-state index contributed by atoms with van der Waals surface area (Å²) in [5.74, 6) is -0.306. The summed E-state index contributed by atoms with van der Waals surface area (Å²) in [6, 6.07) is 0.0744. The quantitative estimate of drug-likeness (QED) is 0.694. The van der Waals surface area contributed by atoms with Crippen LogP contribution in [0.15, 0.2) is 0 Å². The lowest BCUT2D eigenvalue weighted by molar-refractivity contribution is -0.144. The van der Waals surface area contributed by atoms with Gasteiger partial charge < -0.3 is 20.7 Å². The zero-order valence-corrected chi connectivity index (χ0v) is 11.3. The van der Waals surface area contributed by atoms with E-state index < -0.39 is 6.10 Å². The standard InChI is InChI=1S/C12H23N3O3/c1-8(2)14-11(16)7-15(3)12(17)10-5-4-9(6-13)18-10/h8-10H,4-7,13H2,1-3H3,(H,14,16)/t9-,10+/m1/s1. The van der Waals surface area contributed by atoms with E-state index in [1.807, 2.05) is 13.8 Å². The Morgan fingerprint density at radius 3 is 2.61 bits per heavy atom. The minimum atomic E-state index is -0.449. The van der Waals surface area contributed by atoms with Crippen molar-refractivity contribution in [2.45, 2.75) is 44.9 Å². The van der Waals surface area contributed by atoms with Crippen molar-refractivity contribution in [3.05, 3.63) is 0 Å². The van der Waals surface area contributed by atoms with Crippen LogP contribution < -0.4 is 11.1 Å². The summed E-state index contributed by atoms with van der Waals surface area (Å²) in [5, 5.41) is 2.75. The molecule has 1 heterocycles. The van der Waals surface area contributed by atoms with Gasteiger partial charge in [0.05, 0.1) is 12.6 Å². The van der Waals surface area contributed by atoms with Crippen LogP contribution in [0.4, 0.5) is 0 Å². The van der Waals surface area contributed by atoms with E-state index in [1.165, 1.54) is 4.90 Å². The summed E-state index contributed by atoms with van der Waals surface area (Å²) < 4.78 is 5.51. The summed E-state index contributed by atoms with van der Waals surface area (Å²) in [6.07, 6.45) is 1.00. The van der Waals surface area contributed by atoms with Gasteiger partial charge in [0.1, 0.15) is 6.10 Å². The smallest absolute Gasteiger partial charge is 0.251 e. The highest BCUT2D eigenvalue weighted by atomic mass is 16.5. The Balaban J connectivity index is 2.40. The molecule has 1 aliphatic rings. The molecule has 0 radical (unpaired) electrons. The van der Waals surface area contributed by atoms with Crippen molar-refractivity contribution in [2.24, 2.45) is 5.73 Å². The van der Waals surface area contributed by atoms with Crippen molar-refractivity contribution in [1.29, 1.82) is 0 Å². The first-order chi connectivity index (χ1) is 8.43. The lowest BCUT2D eigenvalue weighted by Gasteiger charge is -2.21. The maximum Gasteiger partial charge on any atom is 0.251 e. The Labute approximate surface area is 108 Å². The fraction of sp³-hybridized carbons (Fsp3) is 0.833. The van der Waals surface area contributed by atoms with Crippen LogP contribution in [0.5, 0.6) is 0 Å². The SMILES string of the molecule is CC(C)NC(=O)CN(C)C(=O)[C@@H]1CC[C@H](CN)O1. The van der Waals surface area contributed by atoms with Crippen LogP contribution in [0.3, 0.4) is 0 Å². The van der Waals surface area contributed by atoms with E-state index in [-0.39, 0.29) is 30.5 Å². The molecule has 2 atom stereocenters. The van der Waals surface area contributed by atoms with Gasteiger partial charge in [-0.1, -0.05) is 0 Å². The Morgan fingerprint density at radius 2 is 2.11 bits per heavy atom. The Hall–Kier alpha value is -1.14. The van der Waals surface area contributed by atoms with Gasteiger partial charge in [0, 0.05) is 19.6 Å². The molecule has 0 unspecified atom stereocenters. The van der Waals surface area contributed by atoms with E-state index in [2.05, 4.69) is 5.32 Å². The second-order valence-corrected chi connectivity index (χ2v) is 4.98. The third-order valence-electron chi connectivity index (χ3n) is 2.85. The van der Waals surface area contributed by atoms with Gasteiger partial charge >= 0.3 is 0 Å². The molecule has 0 aromatic heterocycles. The molecule has 0 spiro atoms. The first-order valence-electron chi connectivity index (χ1n) is 6.34. The van der Waals surface area contributed by atoms with Crippen LogP contribution in [0.25, 0.3) is 0 Å². The molecule has 1 aliphatic heterocycles. The topological polar surface area (TPSA) is 84.7 Å². The van der Waals surface area contributed by atoms with E-state index in [9.17, 15) is 9.59 Å². The second kappa shape index (κ2) is 6.70. The third-order valence-corrected chi connectivity index (χ3v) is 2.85.